The normalized spacial score (nSPS) is 23.9. The van der Waals surface area contributed by atoms with Gasteiger partial charge in [-0.05, 0) is 117 Å². The van der Waals surface area contributed by atoms with E-state index in [0.717, 1.165) is 79.4 Å². The third-order valence-corrected chi connectivity index (χ3v) is 10.1. The Kier molecular flexibility index (Phi) is 11.6. The Morgan fingerprint density at radius 1 is 0.841 bits per heavy atom. The van der Waals surface area contributed by atoms with Crippen LogP contribution in [0, 0.1) is 35.2 Å². The minimum Gasteiger partial charge on any atom is -0.490 e. The monoisotopic (exact) mass is 602 g/mol. The molecule has 0 N–H and O–H groups in total. The van der Waals surface area contributed by atoms with Crippen molar-refractivity contribution in [2.45, 2.75) is 103 Å². The largest absolute Gasteiger partial charge is 0.490 e. The predicted molar refractivity (Wildman–Crippen MR) is 177 cm³/mol. The first-order valence-corrected chi connectivity index (χ1v) is 17.1. The second kappa shape index (κ2) is 15.8. The fraction of sp³-hybridized carbons (Fsp3) is 0.500. The van der Waals surface area contributed by atoms with Gasteiger partial charge in [0.05, 0.1) is 6.61 Å². The van der Waals surface area contributed by atoms with Gasteiger partial charge in [-0.25, -0.2) is 8.78 Å². The highest BCUT2D eigenvalue weighted by Crippen LogP contribution is 2.42. The smallest absolute Gasteiger partial charge is 0.200 e. The zero-order valence-electron chi connectivity index (χ0n) is 26.6. The van der Waals surface area contributed by atoms with E-state index in [1.54, 1.807) is 18.2 Å². The summed E-state index contributed by atoms with van der Waals surface area (Å²) < 4.78 is 50.8. The van der Waals surface area contributed by atoms with Crippen molar-refractivity contribution in [2.75, 3.05) is 6.61 Å². The van der Waals surface area contributed by atoms with Crippen LogP contribution in [0.4, 0.5) is 13.2 Å². The summed E-state index contributed by atoms with van der Waals surface area (Å²) in [5, 5.41) is 0. The minimum absolute atomic E-state index is 0.0240. The van der Waals surface area contributed by atoms with Crippen molar-refractivity contribution in [3.8, 4) is 5.75 Å². The van der Waals surface area contributed by atoms with Gasteiger partial charge in [-0.2, -0.15) is 4.39 Å². The maximum atomic E-state index is 15.4. The van der Waals surface area contributed by atoms with E-state index in [0.29, 0.717) is 24.2 Å². The molecule has 5 rings (SSSR count). The van der Waals surface area contributed by atoms with Crippen molar-refractivity contribution in [2.24, 2.45) is 17.8 Å². The molecule has 3 aliphatic rings. The topological polar surface area (TPSA) is 9.23 Å². The van der Waals surface area contributed by atoms with Crippen LogP contribution in [-0.4, -0.2) is 6.61 Å². The van der Waals surface area contributed by atoms with Crippen LogP contribution in [0.25, 0.3) is 11.1 Å². The van der Waals surface area contributed by atoms with Crippen molar-refractivity contribution >= 4 is 11.1 Å². The van der Waals surface area contributed by atoms with E-state index < -0.39 is 11.6 Å². The van der Waals surface area contributed by atoms with E-state index >= 15 is 8.78 Å². The Morgan fingerprint density at radius 3 is 2.34 bits per heavy atom. The highest BCUT2D eigenvalue weighted by Gasteiger charge is 2.28. The van der Waals surface area contributed by atoms with Gasteiger partial charge < -0.3 is 4.74 Å². The number of unbranched alkanes of at least 4 members (excludes halogenated alkanes) is 4. The van der Waals surface area contributed by atoms with E-state index in [1.165, 1.54) is 32.1 Å². The molecule has 0 spiro atoms. The number of hydrogen-bond acceptors (Lipinski definition) is 1. The third kappa shape index (κ3) is 7.98. The lowest BCUT2D eigenvalue weighted by Crippen LogP contribution is -2.22. The highest BCUT2D eigenvalue weighted by molar-refractivity contribution is 5.77. The molecule has 2 unspecified atom stereocenters. The second-order valence-electron chi connectivity index (χ2n) is 13.1. The summed E-state index contributed by atoms with van der Waals surface area (Å²) in [7, 11) is 0. The van der Waals surface area contributed by atoms with E-state index in [9.17, 15) is 4.39 Å². The molecule has 0 aromatic heterocycles. The molecule has 4 heteroatoms. The number of hydrogen-bond donors (Lipinski definition) is 0. The molecule has 2 atom stereocenters. The molecule has 2 aromatic carbocycles. The summed E-state index contributed by atoms with van der Waals surface area (Å²) in [5.74, 6) is 0.0190. The highest BCUT2D eigenvalue weighted by atomic mass is 19.2. The van der Waals surface area contributed by atoms with Gasteiger partial charge in [-0.3, -0.25) is 0 Å². The van der Waals surface area contributed by atoms with Crippen molar-refractivity contribution < 1.29 is 17.9 Å². The number of halogens is 3. The van der Waals surface area contributed by atoms with Gasteiger partial charge >= 0.3 is 0 Å². The molecule has 44 heavy (non-hydrogen) atoms. The van der Waals surface area contributed by atoms with E-state index in [-0.39, 0.29) is 17.5 Å². The molecule has 0 aliphatic heterocycles. The van der Waals surface area contributed by atoms with Gasteiger partial charge in [0.2, 0.25) is 5.82 Å². The number of rotatable bonds is 12. The summed E-state index contributed by atoms with van der Waals surface area (Å²) in [6.45, 7) is 4.66. The van der Waals surface area contributed by atoms with Crippen LogP contribution in [0.2, 0.25) is 0 Å². The Bertz CT molecular complexity index is 1380. The Hall–Kier alpha value is -3.01. The Labute approximate surface area is 263 Å². The van der Waals surface area contributed by atoms with Crippen LogP contribution in [0.15, 0.2) is 66.8 Å². The molecule has 236 valence electrons. The molecule has 0 heterocycles. The standard InChI is InChI=1S/C40H49F3O/c1-3-5-6-7-8-26-44-38-25-24-36(39(42)40(38)43)33-20-16-31(17-21-33)34-22-23-35(37(41)27-34)32-18-14-30(15-19-32)29-12-10-28(9-4-2)11-13-29/h4,9,16-18,20,22-25,27-30,33H,3,5-8,10-15,19,21,26H2,1-2H3/b9-4+. The van der Waals surface area contributed by atoms with Gasteiger partial charge in [0.1, 0.15) is 5.82 Å². The van der Waals surface area contributed by atoms with E-state index in [4.69, 9.17) is 4.74 Å². The first-order chi connectivity index (χ1) is 21.5. The van der Waals surface area contributed by atoms with Gasteiger partial charge in [0.25, 0.3) is 0 Å². The lowest BCUT2D eigenvalue weighted by molar-refractivity contribution is 0.212. The maximum absolute atomic E-state index is 15.4. The van der Waals surface area contributed by atoms with E-state index in [2.05, 4.69) is 32.1 Å². The SMILES string of the molecule is C/C=C/C1CCC(C2CC=C(c3ccc(C4=CCC(c5ccc(OCCCCCCC)c(F)c5F)C=C4)cc3F)CC2)CC1. The van der Waals surface area contributed by atoms with Crippen LogP contribution in [-0.2, 0) is 0 Å². The Morgan fingerprint density at radius 2 is 1.66 bits per heavy atom. The Balaban J connectivity index is 1.16. The number of allylic oxidation sites excluding steroid dienone is 8. The van der Waals surface area contributed by atoms with Crippen LogP contribution in [0.3, 0.4) is 0 Å². The third-order valence-electron chi connectivity index (χ3n) is 10.1. The maximum Gasteiger partial charge on any atom is 0.200 e. The van der Waals surface area contributed by atoms with Gasteiger partial charge in [0, 0.05) is 11.5 Å². The van der Waals surface area contributed by atoms with Crippen LogP contribution in [0.1, 0.15) is 120 Å². The lowest BCUT2D eigenvalue weighted by Gasteiger charge is -2.35. The van der Waals surface area contributed by atoms with Crippen molar-refractivity contribution in [3.63, 3.8) is 0 Å². The first kappa shape index (κ1) is 32.4. The summed E-state index contributed by atoms with van der Waals surface area (Å²) in [4.78, 5) is 0. The molecule has 1 saturated carbocycles. The van der Waals surface area contributed by atoms with Gasteiger partial charge in [-0.15, -0.1) is 0 Å². The molecule has 0 radical (unpaired) electrons. The molecule has 1 nitrogen and oxygen atoms in total. The number of ether oxygens (including phenoxy) is 1. The first-order valence-electron chi connectivity index (χ1n) is 17.1. The van der Waals surface area contributed by atoms with Gasteiger partial charge in [-0.1, -0.05) is 87.3 Å². The van der Waals surface area contributed by atoms with Crippen LogP contribution >= 0.6 is 0 Å². The molecule has 0 bridgehead atoms. The zero-order valence-corrected chi connectivity index (χ0v) is 26.6. The molecule has 2 aromatic rings. The van der Waals surface area contributed by atoms with Crippen LogP contribution in [0.5, 0.6) is 5.75 Å². The minimum atomic E-state index is -0.919. The summed E-state index contributed by atoms with van der Waals surface area (Å²) in [6.07, 6.45) is 26.8. The zero-order chi connectivity index (χ0) is 30.9. The number of benzene rings is 2. The predicted octanol–water partition coefficient (Wildman–Crippen LogP) is 12.1. The second-order valence-corrected chi connectivity index (χ2v) is 13.1. The fourth-order valence-corrected chi connectivity index (χ4v) is 7.46. The quantitative estimate of drug-likeness (QED) is 0.173. The summed E-state index contributed by atoms with van der Waals surface area (Å²) in [6, 6.07) is 8.69. The van der Waals surface area contributed by atoms with E-state index in [1.807, 2.05) is 30.4 Å². The average molecular weight is 603 g/mol. The lowest BCUT2D eigenvalue weighted by atomic mass is 9.71. The molecule has 1 fully saturated rings. The average Bonchev–Trinajstić information content (AvgIpc) is 3.05. The molecular formula is C40H49F3O. The molecule has 0 saturated heterocycles. The van der Waals surface area contributed by atoms with Crippen molar-refractivity contribution in [1.82, 2.24) is 0 Å². The summed E-state index contributed by atoms with van der Waals surface area (Å²) in [5.41, 5.74) is 3.87. The summed E-state index contributed by atoms with van der Waals surface area (Å²) >= 11 is 0. The van der Waals surface area contributed by atoms with Crippen molar-refractivity contribution in [1.29, 1.82) is 0 Å². The molecular weight excluding hydrogens is 553 g/mol. The van der Waals surface area contributed by atoms with Crippen molar-refractivity contribution in [3.05, 3.63) is 101 Å². The molecule has 0 amide bonds. The fourth-order valence-electron chi connectivity index (χ4n) is 7.46. The van der Waals surface area contributed by atoms with Crippen LogP contribution < -0.4 is 4.74 Å². The van der Waals surface area contributed by atoms with Gasteiger partial charge in [0.15, 0.2) is 11.6 Å². The molecule has 3 aliphatic carbocycles.